The van der Waals surface area contributed by atoms with E-state index in [0.29, 0.717) is 6.42 Å². The smallest absolute Gasteiger partial charge is 0.225 e. The largest absolute Gasteiger partial charge is 0.354 e. The first-order valence-electron chi connectivity index (χ1n) is 9.73. The van der Waals surface area contributed by atoms with Crippen LogP contribution in [0.25, 0.3) is 0 Å². The number of hydrogen-bond acceptors (Lipinski definition) is 5. The first kappa shape index (κ1) is 25.2. The van der Waals surface area contributed by atoms with E-state index in [9.17, 15) is 4.79 Å². The van der Waals surface area contributed by atoms with Gasteiger partial charge in [-0.15, -0.1) is 24.8 Å². The molecule has 29 heavy (non-hydrogen) atoms. The maximum Gasteiger partial charge on any atom is 0.225 e. The lowest BCUT2D eigenvalue weighted by atomic mass is 10.1. The van der Waals surface area contributed by atoms with E-state index in [1.54, 1.807) is 0 Å². The van der Waals surface area contributed by atoms with E-state index >= 15 is 0 Å². The van der Waals surface area contributed by atoms with E-state index in [1.165, 1.54) is 0 Å². The Morgan fingerprint density at radius 2 is 1.76 bits per heavy atom. The van der Waals surface area contributed by atoms with Gasteiger partial charge in [-0.1, -0.05) is 31.2 Å². The molecule has 8 heteroatoms. The van der Waals surface area contributed by atoms with Crippen LogP contribution in [0.3, 0.4) is 0 Å². The zero-order valence-electron chi connectivity index (χ0n) is 16.8. The van der Waals surface area contributed by atoms with Gasteiger partial charge in [-0.25, -0.2) is 4.98 Å². The SMILES string of the molecule is CCNCc1ccccc1NC(=O)CCN1CCN(c2ccccn2)CC1.Cl.Cl. The molecule has 1 aliphatic rings. The highest BCUT2D eigenvalue weighted by Gasteiger charge is 2.18. The summed E-state index contributed by atoms with van der Waals surface area (Å²) in [7, 11) is 0. The fourth-order valence-electron chi connectivity index (χ4n) is 3.27. The summed E-state index contributed by atoms with van der Waals surface area (Å²) in [6.45, 7) is 8.36. The van der Waals surface area contributed by atoms with E-state index in [1.807, 2.05) is 42.6 Å². The van der Waals surface area contributed by atoms with Crippen LogP contribution in [0, 0.1) is 0 Å². The van der Waals surface area contributed by atoms with Crippen LogP contribution in [0.2, 0.25) is 0 Å². The molecule has 0 saturated carbocycles. The van der Waals surface area contributed by atoms with Crippen LogP contribution in [0.1, 0.15) is 18.9 Å². The summed E-state index contributed by atoms with van der Waals surface area (Å²) in [5.41, 5.74) is 2.03. The van der Waals surface area contributed by atoms with E-state index in [4.69, 9.17) is 0 Å². The molecule has 1 fully saturated rings. The average Bonchev–Trinajstić information content (AvgIpc) is 2.73. The monoisotopic (exact) mass is 439 g/mol. The summed E-state index contributed by atoms with van der Waals surface area (Å²) in [6.07, 6.45) is 2.35. The molecular weight excluding hydrogens is 409 g/mol. The molecule has 2 aromatic rings. The molecule has 1 amide bonds. The number of nitrogens with one attached hydrogen (secondary N) is 2. The number of halogens is 2. The normalized spacial score (nSPS) is 13.9. The molecule has 160 valence electrons. The first-order valence-corrected chi connectivity index (χ1v) is 9.73. The maximum absolute atomic E-state index is 12.4. The van der Waals surface area contributed by atoms with Crippen LogP contribution in [-0.2, 0) is 11.3 Å². The Morgan fingerprint density at radius 3 is 2.45 bits per heavy atom. The molecule has 3 rings (SSSR count). The summed E-state index contributed by atoms with van der Waals surface area (Å²) in [5.74, 6) is 1.11. The van der Waals surface area contributed by atoms with Gasteiger partial charge in [0.15, 0.2) is 0 Å². The van der Waals surface area contributed by atoms with Crippen molar-refractivity contribution in [1.29, 1.82) is 0 Å². The van der Waals surface area contributed by atoms with Gasteiger partial charge in [0.1, 0.15) is 5.82 Å². The quantitative estimate of drug-likeness (QED) is 0.661. The van der Waals surface area contributed by atoms with E-state index < -0.39 is 0 Å². The highest BCUT2D eigenvalue weighted by atomic mass is 35.5. The molecule has 0 bridgehead atoms. The molecule has 1 saturated heterocycles. The van der Waals surface area contributed by atoms with Gasteiger partial charge in [0.05, 0.1) is 0 Å². The van der Waals surface area contributed by atoms with Gasteiger partial charge in [0.25, 0.3) is 0 Å². The zero-order chi connectivity index (χ0) is 18.9. The number of pyridine rings is 1. The van der Waals surface area contributed by atoms with Crippen molar-refractivity contribution in [2.24, 2.45) is 0 Å². The third kappa shape index (κ3) is 7.82. The van der Waals surface area contributed by atoms with Gasteiger partial charge >= 0.3 is 0 Å². The van der Waals surface area contributed by atoms with Crippen LogP contribution < -0.4 is 15.5 Å². The van der Waals surface area contributed by atoms with Gasteiger partial charge in [-0.3, -0.25) is 9.69 Å². The number of piperazine rings is 1. The number of aromatic nitrogens is 1. The first-order chi connectivity index (χ1) is 13.3. The van der Waals surface area contributed by atoms with Crippen molar-refractivity contribution in [2.75, 3.05) is 49.5 Å². The van der Waals surface area contributed by atoms with Crippen LogP contribution in [0.15, 0.2) is 48.7 Å². The lowest BCUT2D eigenvalue weighted by molar-refractivity contribution is -0.116. The molecule has 0 spiro atoms. The number of para-hydroxylation sites is 1. The van der Waals surface area contributed by atoms with Crippen molar-refractivity contribution < 1.29 is 4.79 Å². The maximum atomic E-state index is 12.4. The van der Waals surface area contributed by atoms with Crippen LogP contribution in [0.4, 0.5) is 11.5 Å². The Hall–Kier alpha value is -1.86. The van der Waals surface area contributed by atoms with Crippen molar-refractivity contribution in [3.8, 4) is 0 Å². The van der Waals surface area contributed by atoms with Gasteiger partial charge in [0, 0.05) is 57.6 Å². The number of rotatable bonds is 8. The lowest BCUT2D eigenvalue weighted by Crippen LogP contribution is -2.47. The fraction of sp³-hybridized carbons (Fsp3) is 0.429. The molecule has 0 aliphatic carbocycles. The van der Waals surface area contributed by atoms with Crippen molar-refractivity contribution in [3.63, 3.8) is 0 Å². The van der Waals surface area contributed by atoms with E-state index in [0.717, 1.165) is 62.9 Å². The topological polar surface area (TPSA) is 60.5 Å². The Morgan fingerprint density at radius 1 is 1.03 bits per heavy atom. The summed E-state index contributed by atoms with van der Waals surface area (Å²) < 4.78 is 0. The Bertz CT molecular complexity index is 724. The third-order valence-electron chi connectivity index (χ3n) is 4.86. The van der Waals surface area contributed by atoms with Crippen molar-refractivity contribution >= 4 is 42.2 Å². The van der Waals surface area contributed by atoms with Crippen molar-refractivity contribution in [3.05, 3.63) is 54.2 Å². The second-order valence-electron chi connectivity index (χ2n) is 6.75. The van der Waals surface area contributed by atoms with Gasteiger partial charge < -0.3 is 15.5 Å². The fourth-order valence-corrected chi connectivity index (χ4v) is 3.27. The molecule has 2 N–H and O–H groups in total. The van der Waals surface area contributed by atoms with E-state index in [2.05, 4.69) is 38.4 Å². The average molecular weight is 440 g/mol. The molecule has 0 unspecified atom stereocenters. The molecule has 1 aliphatic heterocycles. The van der Waals surface area contributed by atoms with E-state index in [-0.39, 0.29) is 30.7 Å². The highest BCUT2D eigenvalue weighted by molar-refractivity contribution is 5.91. The summed E-state index contributed by atoms with van der Waals surface area (Å²) in [6, 6.07) is 14.0. The summed E-state index contributed by atoms with van der Waals surface area (Å²) >= 11 is 0. The number of carbonyl (C=O) groups excluding carboxylic acids is 1. The third-order valence-corrected chi connectivity index (χ3v) is 4.86. The minimum absolute atomic E-state index is 0. The Kier molecular flexibility index (Phi) is 11.6. The van der Waals surface area contributed by atoms with Gasteiger partial charge in [-0.05, 0) is 30.3 Å². The van der Waals surface area contributed by atoms with Crippen molar-refractivity contribution in [1.82, 2.24) is 15.2 Å². The Balaban J connectivity index is 0.00000210. The Labute approximate surface area is 185 Å². The molecule has 6 nitrogen and oxygen atoms in total. The second kappa shape index (κ2) is 13.4. The highest BCUT2D eigenvalue weighted by Crippen LogP contribution is 2.16. The zero-order valence-corrected chi connectivity index (χ0v) is 18.5. The number of benzene rings is 1. The molecular formula is C21H31Cl2N5O. The molecule has 0 radical (unpaired) electrons. The number of anilines is 2. The minimum atomic E-state index is 0. The van der Waals surface area contributed by atoms with Gasteiger partial charge in [-0.2, -0.15) is 0 Å². The molecule has 0 atom stereocenters. The molecule has 2 heterocycles. The van der Waals surface area contributed by atoms with Gasteiger partial charge in [0.2, 0.25) is 5.91 Å². The van der Waals surface area contributed by atoms with Crippen molar-refractivity contribution in [2.45, 2.75) is 19.9 Å². The number of amides is 1. The lowest BCUT2D eigenvalue weighted by Gasteiger charge is -2.35. The second-order valence-corrected chi connectivity index (χ2v) is 6.75. The number of nitrogens with zero attached hydrogens (tertiary/aromatic N) is 3. The molecule has 1 aromatic heterocycles. The minimum Gasteiger partial charge on any atom is -0.354 e. The number of carbonyl (C=O) groups is 1. The number of hydrogen-bond donors (Lipinski definition) is 2. The predicted octanol–water partition coefficient (Wildman–Crippen LogP) is 3.19. The summed E-state index contributed by atoms with van der Waals surface area (Å²) in [4.78, 5) is 21.5. The molecule has 1 aromatic carbocycles. The summed E-state index contributed by atoms with van der Waals surface area (Å²) in [5, 5.41) is 6.38. The standard InChI is InChI=1S/C21H29N5O.2ClH/c1-2-22-17-18-7-3-4-8-19(18)24-21(27)10-12-25-13-15-26(16-14-25)20-9-5-6-11-23-20;;/h3-9,11,22H,2,10,12-17H2,1H3,(H,24,27);2*1H. The predicted molar refractivity (Wildman–Crippen MR) is 124 cm³/mol. The van der Waals surface area contributed by atoms with Crippen LogP contribution in [0.5, 0.6) is 0 Å². The van der Waals surface area contributed by atoms with Crippen LogP contribution >= 0.6 is 24.8 Å². The van der Waals surface area contributed by atoms with Crippen LogP contribution in [-0.4, -0.2) is 55.1 Å².